The van der Waals surface area contributed by atoms with Crippen molar-refractivity contribution in [1.29, 1.82) is 0 Å². The number of ketones is 1. The van der Waals surface area contributed by atoms with Crippen molar-refractivity contribution in [1.82, 2.24) is 24.5 Å². The average Bonchev–Trinajstić information content (AvgIpc) is 3.38. The van der Waals surface area contributed by atoms with Crippen molar-refractivity contribution >= 4 is 11.4 Å². The molecule has 0 amide bonds. The van der Waals surface area contributed by atoms with Crippen molar-refractivity contribution in [3.63, 3.8) is 0 Å². The van der Waals surface area contributed by atoms with Crippen LogP contribution in [0.25, 0.3) is 5.65 Å². The molecule has 0 aliphatic heterocycles. The van der Waals surface area contributed by atoms with Crippen LogP contribution < -0.4 is 4.74 Å². The fourth-order valence-electron chi connectivity index (χ4n) is 3.50. The molecule has 3 aromatic heterocycles. The third-order valence-corrected chi connectivity index (χ3v) is 5.16. The summed E-state index contributed by atoms with van der Waals surface area (Å²) in [5, 5.41) is 2.91. The fraction of sp³-hybridized carbons (Fsp3) is 0.318. The van der Waals surface area contributed by atoms with Gasteiger partial charge in [0.2, 0.25) is 11.5 Å². The molecule has 4 rings (SSSR count). The van der Waals surface area contributed by atoms with E-state index in [1.807, 2.05) is 0 Å². The van der Waals surface area contributed by atoms with Crippen molar-refractivity contribution in [3.8, 4) is 5.88 Å². The zero-order valence-corrected chi connectivity index (χ0v) is 18.7. The van der Waals surface area contributed by atoms with Crippen LogP contribution in [-0.4, -0.2) is 30.3 Å². The second-order valence-corrected chi connectivity index (χ2v) is 7.90. The third-order valence-electron chi connectivity index (χ3n) is 5.16. The molecular weight excluding hydrogens is 477 g/mol. The van der Waals surface area contributed by atoms with E-state index in [0.717, 1.165) is 12.1 Å². The Labute approximate surface area is 194 Å². The first-order valence-corrected chi connectivity index (χ1v) is 10.3. The lowest BCUT2D eigenvalue weighted by Gasteiger charge is -2.10. The number of aromatic nitrogens is 5. The molecule has 1 unspecified atom stereocenters. The number of aryl methyl sites for hydroxylation is 2. The first-order chi connectivity index (χ1) is 16.5. The molecule has 0 fully saturated rings. The Bertz CT molecular complexity index is 1390. The van der Waals surface area contributed by atoms with Crippen molar-refractivity contribution in [3.05, 3.63) is 70.4 Å². The lowest BCUT2D eigenvalue weighted by atomic mass is 10.0. The maximum Gasteiger partial charge on any atom is 0.455 e. The molecule has 13 heteroatoms. The Balaban J connectivity index is 1.61. The second kappa shape index (κ2) is 9.04. The van der Waals surface area contributed by atoms with Gasteiger partial charge in [-0.15, -0.1) is 0 Å². The van der Waals surface area contributed by atoms with E-state index in [9.17, 15) is 26.7 Å². The minimum absolute atomic E-state index is 0.0467. The van der Waals surface area contributed by atoms with Crippen molar-refractivity contribution in [2.45, 2.75) is 45.9 Å². The fourth-order valence-corrected chi connectivity index (χ4v) is 3.50. The van der Waals surface area contributed by atoms with Crippen LogP contribution in [-0.2, 0) is 12.8 Å². The highest BCUT2D eigenvalue weighted by molar-refractivity contribution is 5.97. The van der Waals surface area contributed by atoms with E-state index in [1.54, 1.807) is 13.8 Å². The third kappa shape index (κ3) is 4.84. The topological polar surface area (TPSA) is 95.4 Å². The molecule has 0 saturated heterocycles. The van der Waals surface area contributed by atoms with Gasteiger partial charge < -0.3 is 9.26 Å². The first-order valence-electron chi connectivity index (χ1n) is 10.3. The van der Waals surface area contributed by atoms with Gasteiger partial charge in [-0.1, -0.05) is 18.1 Å². The van der Waals surface area contributed by atoms with E-state index < -0.39 is 41.9 Å². The van der Waals surface area contributed by atoms with Gasteiger partial charge in [0.05, 0.1) is 17.0 Å². The van der Waals surface area contributed by atoms with Crippen LogP contribution in [0.1, 0.15) is 58.4 Å². The molecule has 0 spiro atoms. The van der Waals surface area contributed by atoms with Crippen LogP contribution in [0.2, 0.25) is 0 Å². The standard InChI is InChI=1S/C22H18F5N5O3/c1-10(19-30-21(31-35-19)22(25,26)27)7-16(33)17-12(3)29-18-20(28-11(2)8-32(17)18)34-9-13-14(23)5-4-6-15(13)24/h4-6,8,10H,7,9H2,1-3H3. The number of Topliss-reactive ketones (excluding diaryl/α,β-unsaturated/α-hetero) is 1. The minimum Gasteiger partial charge on any atom is -0.470 e. The number of nitrogens with zero attached hydrogens (tertiary/aromatic N) is 5. The summed E-state index contributed by atoms with van der Waals surface area (Å²) < 4.78 is 77.8. The zero-order valence-electron chi connectivity index (χ0n) is 18.7. The number of hydrogen-bond donors (Lipinski definition) is 0. The van der Waals surface area contributed by atoms with Crippen LogP contribution in [0.3, 0.4) is 0 Å². The minimum atomic E-state index is -4.77. The molecule has 0 saturated carbocycles. The van der Waals surface area contributed by atoms with Crippen LogP contribution in [0, 0.1) is 25.5 Å². The number of alkyl halides is 3. The first kappa shape index (κ1) is 24.2. The normalized spacial score (nSPS) is 12.8. The lowest BCUT2D eigenvalue weighted by Crippen LogP contribution is -2.11. The van der Waals surface area contributed by atoms with Gasteiger partial charge in [-0.3, -0.25) is 9.20 Å². The molecule has 0 radical (unpaired) electrons. The quantitative estimate of drug-likeness (QED) is 0.264. The summed E-state index contributed by atoms with van der Waals surface area (Å²) in [6.45, 7) is 4.21. The predicted octanol–water partition coefficient (Wildman–Crippen LogP) is 4.98. The van der Waals surface area contributed by atoms with Gasteiger partial charge in [0, 0.05) is 18.5 Å². The van der Waals surface area contributed by atoms with Gasteiger partial charge in [-0.05, 0) is 26.0 Å². The van der Waals surface area contributed by atoms with E-state index in [4.69, 9.17) is 4.74 Å². The highest BCUT2D eigenvalue weighted by Crippen LogP contribution is 2.30. The van der Waals surface area contributed by atoms with Crippen molar-refractivity contribution < 1.29 is 36.0 Å². The van der Waals surface area contributed by atoms with Gasteiger partial charge in [-0.2, -0.15) is 18.2 Å². The number of imidazole rings is 1. The highest BCUT2D eigenvalue weighted by Gasteiger charge is 2.38. The molecule has 0 aliphatic rings. The van der Waals surface area contributed by atoms with E-state index >= 15 is 0 Å². The van der Waals surface area contributed by atoms with E-state index in [2.05, 4.69) is 24.6 Å². The number of fused-ring (bicyclic) bond motifs is 1. The van der Waals surface area contributed by atoms with Gasteiger partial charge in [-0.25, -0.2) is 18.7 Å². The molecule has 0 bridgehead atoms. The number of hydrogen-bond acceptors (Lipinski definition) is 7. The van der Waals surface area contributed by atoms with Crippen molar-refractivity contribution in [2.24, 2.45) is 0 Å². The van der Waals surface area contributed by atoms with E-state index in [-0.39, 0.29) is 35.1 Å². The summed E-state index contributed by atoms with van der Waals surface area (Å²) in [6, 6.07) is 3.42. The van der Waals surface area contributed by atoms with E-state index in [0.29, 0.717) is 11.4 Å². The number of carbonyl (C=O) groups excluding carboxylic acids is 1. The molecule has 0 aliphatic carbocycles. The average molecular weight is 495 g/mol. The maximum atomic E-state index is 14.0. The molecule has 3 heterocycles. The summed E-state index contributed by atoms with van der Waals surface area (Å²) in [7, 11) is 0. The highest BCUT2D eigenvalue weighted by atomic mass is 19.4. The van der Waals surface area contributed by atoms with E-state index in [1.165, 1.54) is 23.6 Å². The zero-order chi connectivity index (χ0) is 25.5. The molecule has 35 heavy (non-hydrogen) atoms. The maximum absolute atomic E-state index is 14.0. The largest absolute Gasteiger partial charge is 0.470 e. The molecule has 4 aromatic rings. The summed E-state index contributed by atoms with van der Waals surface area (Å²) in [6.07, 6.45) is -3.49. The molecule has 1 aromatic carbocycles. The lowest BCUT2D eigenvalue weighted by molar-refractivity contribution is -0.146. The number of ether oxygens (including phenoxy) is 1. The number of carbonyl (C=O) groups is 1. The number of halogens is 5. The summed E-state index contributed by atoms with van der Waals surface area (Å²) in [5.74, 6) is -4.63. The second-order valence-electron chi connectivity index (χ2n) is 7.90. The van der Waals surface area contributed by atoms with Crippen molar-refractivity contribution in [2.75, 3.05) is 0 Å². The van der Waals surface area contributed by atoms with Gasteiger partial charge >= 0.3 is 6.18 Å². The number of benzene rings is 1. The monoisotopic (exact) mass is 495 g/mol. The smallest absolute Gasteiger partial charge is 0.455 e. The molecule has 0 N–H and O–H groups in total. The van der Waals surface area contributed by atoms with Gasteiger partial charge in [0.1, 0.15) is 23.9 Å². The Hall–Kier alpha value is -3.90. The SMILES string of the molecule is Cc1cn2c(C(=O)CC(C)c3nc(C(F)(F)F)no3)c(C)nc2c(OCc2c(F)cccc2F)n1. The Morgan fingerprint density at radius 3 is 2.46 bits per heavy atom. The Morgan fingerprint density at radius 2 is 1.83 bits per heavy atom. The Morgan fingerprint density at radius 1 is 1.14 bits per heavy atom. The predicted molar refractivity (Wildman–Crippen MR) is 110 cm³/mol. The van der Waals surface area contributed by atoms with Crippen LogP contribution in [0.5, 0.6) is 5.88 Å². The molecular formula is C22H18F5N5O3. The summed E-state index contributed by atoms with van der Waals surface area (Å²) in [4.78, 5) is 25.0. The summed E-state index contributed by atoms with van der Waals surface area (Å²) >= 11 is 0. The van der Waals surface area contributed by atoms with Gasteiger partial charge in [0.25, 0.3) is 11.7 Å². The summed E-state index contributed by atoms with van der Waals surface area (Å²) in [5.41, 5.74) is 0.721. The molecule has 8 nitrogen and oxygen atoms in total. The van der Waals surface area contributed by atoms with Crippen LogP contribution in [0.15, 0.2) is 28.9 Å². The molecule has 1 atom stereocenters. The van der Waals surface area contributed by atoms with Gasteiger partial charge in [0.15, 0.2) is 5.78 Å². The Kier molecular flexibility index (Phi) is 6.26. The molecule has 184 valence electrons. The number of rotatable bonds is 7. The van der Waals surface area contributed by atoms with Crippen LogP contribution >= 0.6 is 0 Å². The van der Waals surface area contributed by atoms with Crippen LogP contribution in [0.4, 0.5) is 22.0 Å².